The molecule has 1 aromatic rings. The maximum atomic E-state index is 14.2. The third-order valence-electron chi connectivity index (χ3n) is 7.15. The number of halogens is 4. The lowest BCUT2D eigenvalue weighted by molar-refractivity contribution is -0.0424. The molecule has 0 N–H and O–H groups in total. The fourth-order valence-corrected chi connectivity index (χ4v) is 4.90. The number of nitrogens with zero attached hydrogens (tertiary/aromatic N) is 1. The highest BCUT2D eigenvalue weighted by Crippen LogP contribution is 2.50. The number of alkyl halides is 2. The third-order valence-corrected chi connectivity index (χ3v) is 7.15. The van der Waals surface area contributed by atoms with Crippen molar-refractivity contribution in [2.24, 2.45) is 23.7 Å². The first-order chi connectivity index (χ1) is 14.8. The van der Waals surface area contributed by atoms with E-state index in [1.807, 2.05) is 4.90 Å². The van der Waals surface area contributed by atoms with E-state index in [4.69, 9.17) is 4.74 Å². The Morgan fingerprint density at radius 3 is 2.35 bits per heavy atom. The van der Waals surface area contributed by atoms with Crippen LogP contribution in [0.15, 0.2) is 12.1 Å². The summed E-state index contributed by atoms with van der Waals surface area (Å²) in [6.07, 6.45) is 5.10. The zero-order valence-corrected chi connectivity index (χ0v) is 18.0. The third kappa shape index (κ3) is 5.60. The first kappa shape index (κ1) is 22.6. The van der Waals surface area contributed by atoms with E-state index >= 15 is 0 Å². The monoisotopic (exact) mass is 441 g/mol. The summed E-state index contributed by atoms with van der Waals surface area (Å²) in [6.45, 7) is 3.21. The van der Waals surface area contributed by atoms with E-state index < -0.39 is 28.9 Å². The highest BCUT2D eigenvalue weighted by Gasteiger charge is 2.43. The Morgan fingerprint density at radius 1 is 1.13 bits per heavy atom. The number of ether oxygens (including phenoxy) is 1. The van der Waals surface area contributed by atoms with Gasteiger partial charge in [0.05, 0.1) is 18.7 Å². The highest BCUT2D eigenvalue weighted by molar-refractivity contribution is 5.99. The van der Waals surface area contributed by atoms with Crippen LogP contribution in [0, 0.1) is 35.3 Å². The number of piperidine rings is 1. The van der Waals surface area contributed by atoms with Gasteiger partial charge in [0, 0.05) is 24.5 Å². The number of hydrogen-bond acceptors (Lipinski definition) is 3. The number of ketones is 1. The van der Waals surface area contributed by atoms with E-state index in [1.54, 1.807) is 0 Å². The largest absolute Gasteiger partial charge is 0.493 e. The molecule has 2 aliphatic carbocycles. The van der Waals surface area contributed by atoms with Gasteiger partial charge in [-0.25, -0.2) is 17.6 Å². The van der Waals surface area contributed by atoms with E-state index in [1.165, 1.54) is 6.92 Å². The van der Waals surface area contributed by atoms with Crippen LogP contribution in [0.2, 0.25) is 0 Å². The molecule has 2 atom stereocenters. The molecule has 3 fully saturated rings. The normalized spacial score (nSPS) is 24.9. The van der Waals surface area contributed by atoms with Crippen molar-refractivity contribution in [3.05, 3.63) is 29.3 Å². The van der Waals surface area contributed by atoms with Crippen LogP contribution in [-0.2, 0) is 0 Å². The van der Waals surface area contributed by atoms with E-state index in [0.29, 0.717) is 37.2 Å². The molecule has 1 aromatic carbocycles. The van der Waals surface area contributed by atoms with E-state index in [9.17, 15) is 22.4 Å². The summed E-state index contributed by atoms with van der Waals surface area (Å²) >= 11 is 0. The Hall–Kier alpha value is -1.63. The van der Waals surface area contributed by atoms with Crippen LogP contribution in [-0.4, -0.2) is 42.8 Å². The van der Waals surface area contributed by atoms with Crippen LogP contribution in [0.4, 0.5) is 17.6 Å². The van der Waals surface area contributed by atoms with E-state index in [2.05, 4.69) is 0 Å². The average molecular weight is 442 g/mol. The summed E-state index contributed by atoms with van der Waals surface area (Å²) in [4.78, 5) is 13.9. The van der Waals surface area contributed by atoms with Gasteiger partial charge in [-0.2, -0.15) is 0 Å². The molecule has 0 aromatic heterocycles. The number of hydrogen-bond donors (Lipinski definition) is 0. The molecule has 0 spiro atoms. The van der Waals surface area contributed by atoms with Gasteiger partial charge in [-0.1, -0.05) is 6.92 Å². The molecule has 0 amide bonds. The maximum Gasteiger partial charge on any atom is 0.260 e. The Kier molecular flexibility index (Phi) is 6.61. The zero-order valence-electron chi connectivity index (χ0n) is 18.0. The molecule has 172 valence electrons. The van der Waals surface area contributed by atoms with Crippen molar-refractivity contribution in [1.29, 1.82) is 0 Å². The molecule has 1 saturated heterocycles. The van der Waals surface area contributed by atoms with E-state index in [0.717, 1.165) is 50.9 Å². The topological polar surface area (TPSA) is 29.5 Å². The van der Waals surface area contributed by atoms with Gasteiger partial charge in [-0.15, -0.1) is 0 Å². The Bertz CT molecular complexity index is 780. The van der Waals surface area contributed by atoms with Crippen molar-refractivity contribution in [3.63, 3.8) is 0 Å². The lowest BCUT2D eigenvalue weighted by atomic mass is 9.90. The predicted octanol–water partition coefficient (Wildman–Crippen LogP) is 5.72. The summed E-state index contributed by atoms with van der Waals surface area (Å²) in [5.41, 5.74) is -0.444. The first-order valence-electron chi connectivity index (χ1n) is 11.5. The lowest BCUT2D eigenvalue weighted by Crippen LogP contribution is -2.41. The molecule has 2 unspecified atom stereocenters. The number of carbonyl (C=O) groups excluding carboxylic acids is 1. The zero-order chi connectivity index (χ0) is 22.2. The van der Waals surface area contributed by atoms with Crippen molar-refractivity contribution >= 4 is 5.78 Å². The molecule has 1 heterocycles. The number of benzene rings is 1. The van der Waals surface area contributed by atoms with Gasteiger partial charge in [0.15, 0.2) is 5.78 Å². The van der Waals surface area contributed by atoms with Gasteiger partial charge >= 0.3 is 0 Å². The second-order valence-corrected chi connectivity index (χ2v) is 9.52. The SMILES string of the molecule is CCC(F)(F)CN1CCC(C2CC2CCOc2cc(F)c(C(=O)C3CC3)c(F)c2)CC1. The number of likely N-dealkylation sites (tertiary alicyclic amines) is 1. The number of Topliss-reactive ketones (excluding diaryl/α,β-unsaturated/α-hetero) is 1. The van der Waals surface area contributed by atoms with Crippen LogP contribution >= 0.6 is 0 Å². The van der Waals surface area contributed by atoms with Crippen molar-refractivity contribution in [2.75, 3.05) is 26.2 Å². The molecule has 2 saturated carbocycles. The fraction of sp³-hybridized carbons (Fsp3) is 0.708. The van der Waals surface area contributed by atoms with Crippen LogP contribution in [0.5, 0.6) is 5.75 Å². The van der Waals surface area contributed by atoms with Gasteiger partial charge in [0.25, 0.3) is 5.92 Å². The summed E-state index contributed by atoms with van der Waals surface area (Å²) in [7, 11) is 0. The van der Waals surface area contributed by atoms with Crippen molar-refractivity contribution in [1.82, 2.24) is 4.90 Å². The van der Waals surface area contributed by atoms with Crippen molar-refractivity contribution < 1.29 is 27.1 Å². The lowest BCUT2D eigenvalue weighted by Gasteiger charge is -2.34. The van der Waals surface area contributed by atoms with E-state index in [-0.39, 0.29) is 24.6 Å². The Labute approximate surface area is 181 Å². The quantitative estimate of drug-likeness (QED) is 0.344. The number of carbonyl (C=O) groups is 1. The summed E-state index contributed by atoms with van der Waals surface area (Å²) in [5, 5.41) is 0. The van der Waals surface area contributed by atoms with Crippen LogP contribution in [0.25, 0.3) is 0 Å². The first-order valence-corrected chi connectivity index (χ1v) is 11.5. The van der Waals surface area contributed by atoms with Gasteiger partial charge in [-0.3, -0.25) is 9.69 Å². The molecule has 3 aliphatic rings. The smallest absolute Gasteiger partial charge is 0.260 e. The van der Waals surface area contributed by atoms with Gasteiger partial charge in [0.2, 0.25) is 0 Å². The van der Waals surface area contributed by atoms with Crippen LogP contribution in [0.3, 0.4) is 0 Å². The molecule has 4 rings (SSSR count). The summed E-state index contributed by atoms with van der Waals surface area (Å²) < 4.78 is 61.2. The molecule has 3 nitrogen and oxygen atoms in total. The Balaban J connectivity index is 1.19. The standard InChI is InChI=1S/C24H31F4NO2/c1-2-24(27,28)14-29-8-5-15(6-9-29)19-11-17(19)7-10-31-18-12-20(25)22(21(26)13-18)23(30)16-3-4-16/h12-13,15-17,19H,2-11,14H2,1H3. The molecule has 1 aliphatic heterocycles. The second kappa shape index (κ2) is 9.08. The summed E-state index contributed by atoms with van der Waals surface area (Å²) in [5.74, 6) is -3.18. The highest BCUT2D eigenvalue weighted by atomic mass is 19.3. The Morgan fingerprint density at radius 2 is 1.77 bits per heavy atom. The summed E-state index contributed by atoms with van der Waals surface area (Å²) in [6, 6.07) is 2.20. The van der Waals surface area contributed by atoms with Crippen LogP contribution < -0.4 is 4.74 Å². The molecule has 31 heavy (non-hydrogen) atoms. The average Bonchev–Trinajstić information content (AvgIpc) is 3.62. The molecular weight excluding hydrogens is 410 g/mol. The van der Waals surface area contributed by atoms with Crippen molar-refractivity contribution in [3.8, 4) is 5.75 Å². The molecule has 7 heteroatoms. The number of rotatable bonds is 10. The second-order valence-electron chi connectivity index (χ2n) is 9.52. The molecule has 0 bridgehead atoms. The maximum absolute atomic E-state index is 14.2. The van der Waals surface area contributed by atoms with Crippen LogP contribution in [0.1, 0.15) is 62.2 Å². The molecular formula is C24H31F4NO2. The van der Waals surface area contributed by atoms with Crippen molar-refractivity contribution in [2.45, 2.75) is 57.8 Å². The fourth-order valence-electron chi connectivity index (χ4n) is 4.90. The van der Waals surface area contributed by atoms with Gasteiger partial charge < -0.3 is 4.74 Å². The molecule has 0 radical (unpaired) electrons. The minimum Gasteiger partial charge on any atom is -0.493 e. The predicted molar refractivity (Wildman–Crippen MR) is 110 cm³/mol. The minimum absolute atomic E-state index is 0.115. The van der Waals surface area contributed by atoms with Gasteiger partial charge in [-0.05, 0) is 69.4 Å². The van der Waals surface area contributed by atoms with Gasteiger partial charge in [0.1, 0.15) is 17.4 Å². The minimum atomic E-state index is -2.60.